The van der Waals surface area contributed by atoms with Crippen molar-refractivity contribution in [1.82, 2.24) is 0 Å². The molecule has 0 heterocycles. The molecule has 94 valence electrons. The van der Waals surface area contributed by atoms with Crippen LogP contribution in [0.1, 0.15) is 41.0 Å². The highest BCUT2D eigenvalue weighted by Gasteiger charge is 2.39. The normalized spacial score (nSPS) is 16.1. The van der Waals surface area contributed by atoms with E-state index in [9.17, 15) is 0 Å². The van der Waals surface area contributed by atoms with Gasteiger partial charge in [-0.3, -0.25) is 0 Å². The van der Waals surface area contributed by atoms with Crippen LogP contribution in [0.5, 0.6) is 0 Å². The van der Waals surface area contributed by atoms with Gasteiger partial charge < -0.3 is 4.43 Å². The largest absolute Gasteiger partial charge is 0.410 e. The van der Waals surface area contributed by atoms with Gasteiger partial charge in [-0.05, 0) is 44.0 Å². The molecule has 1 unspecified atom stereocenters. The van der Waals surface area contributed by atoms with Gasteiger partial charge in [0.1, 0.15) is 0 Å². The molecule has 1 atom stereocenters. The van der Waals surface area contributed by atoms with Gasteiger partial charge in [-0.2, -0.15) is 0 Å². The Kier molecular flexibility index (Phi) is 5.70. The second-order valence-electron chi connectivity index (χ2n) is 5.92. The maximum Gasteiger partial charge on any atom is 0.192 e. The highest BCUT2D eigenvalue weighted by Crippen LogP contribution is 2.38. The zero-order valence-electron chi connectivity index (χ0n) is 12.1. The van der Waals surface area contributed by atoms with Crippen molar-refractivity contribution in [1.29, 1.82) is 0 Å². The zero-order chi connectivity index (χ0) is 13.0. The van der Waals surface area contributed by atoms with Crippen molar-refractivity contribution in [2.24, 2.45) is 0 Å². The molecular formula is C14H28OSi. The molecule has 0 aromatic rings. The SMILES string of the molecule is C=CCC(O[Si](C)(C)C(C)(C)C)/C(C)=C/C. The number of hydrogen-bond donors (Lipinski definition) is 0. The maximum absolute atomic E-state index is 6.39. The molecule has 0 aliphatic heterocycles. The average Bonchev–Trinajstić information content (AvgIpc) is 2.14. The summed E-state index contributed by atoms with van der Waals surface area (Å²) in [6.07, 6.45) is 5.21. The molecule has 0 amide bonds. The molecule has 0 aromatic carbocycles. The summed E-state index contributed by atoms with van der Waals surface area (Å²) < 4.78 is 6.39. The molecule has 0 N–H and O–H groups in total. The van der Waals surface area contributed by atoms with Crippen LogP contribution in [-0.2, 0) is 4.43 Å². The summed E-state index contributed by atoms with van der Waals surface area (Å²) in [5.74, 6) is 0. The van der Waals surface area contributed by atoms with Crippen molar-refractivity contribution in [2.45, 2.75) is 65.3 Å². The van der Waals surface area contributed by atoms with E-state index in [4.69, 9.17) is 4.43 Å². The lowest BCUT2D eigenvalue weighted by Crippen LogP contribution is -2.44. The van der Waals surface area contributed by atoms with Crippen LogP contribution in [0, 0.1) is 0 Å². The fourth-order valence-corrected chi connectivity index (χ4v) is 2.54. The van der Waals surface area contributed by atoms with Crippen LogP contribution < -0.4 is 0 Å². The van der Waals surface area contributed by atoms with Crippen molar-refractivity contribution in [3.63, 3.8) is 0 Å². The minimum Gasteiger partial charge on any atom is -0.410 e. The first kappa shape index (κ1) is 15.7. The third-order valence-corrected chi connectivity index (χ3v) is 8.07. The molecule has 0 aromatic heterocycles. The lowest BCUT2D eigenvalue weighted by atomic mass is 10.1. The van der Waals surface area contributed by atoms with Gasteiger partial charge in [0.2, 0.25) is 0 Å². The zero-order valence-corrected chi connectivity index (χ0v) is 13.1. The van der Waals surface area contributed by atoms with Crippen molar-refractivity contribution in [3.8, 4) is 0 Å². The van der Waals surface area contributed by atoms with Crippen LogP contribution >= 0.6 is 0 Å². The van der Waals surface area contributed by atoms with Gasteiger partial charge in [0.25, 0.3) is 0 Å². The van der Waals surface area contributed by atoms with Gasteiger partial charge in [0, 0.05) is 0 Å². The summed E-state index contributed by atoms with van der Waals surface area (Å²) in [6.45, 7) is 19.4. The second-order valence-corrected chi connectivity index (χ2v) is 10.7. The number of rotatable bonds is 5. The van der Waals surface area contributed by atoms with E-state index in [1.165, 1.54) is 5.57 Å². The van der Waals surface area contributed by atoms with Crippen LogP contribution in [0.4, 0.5) is 0 Å². The predicted molar refractivity (Wildman–Crippen MR) is 76.3 cm³/mol. The molecule has 0 bridgehead atoms. The Morgan fingerprint density at radius 3 is 2.19 bits per heavy atom. The van der Waals surface area contributed by atoms with Crippen LogP contribution in [0.15, 0.2) is 24.3 Å². The molecular weight excluding hydrogens is 212 g/mol. The number of allylic oxidation sites excluding steroid dienone is 1. The van der Waals surface area contributed by atoms with Crippen LogP contribution in [0.2, 0.25) is 18.1 Å². The quantitative estimate of drug-likeness (QED) is 0.489. The Morgan fingerprint density at radius 2 is 1.88 bits per heavy atom. The van der Waals surface area contributed by atoms with Crippen LogP contribution in [0.3, 0.4) is 0 Å². The monoisotopic (exact) mass is 240 g/mol. The van der Waals surface area contributed by atoms with Crippen molar-refractivity contribution < 1.29 is 4.43 Å². The first-order chi connectivity index (χ1) is 7.15. The fourth-order valence-electron chi connectivity index (χ4n) is 1.20. The Labute approximate surface area is 103 Å². The first-order valence-electron chi connectivity index (χ1n) is 6.07. The van der Waals surface area contributed by atoms with Crippen LogP contribution in [-0.4, -0.2) is 14.4 Å². The Bertz CT molecular complexity index is 258. The van der Waals surface area contributed by atoms with E-state index in [1.807, 2.05) is 6.08 Å². The van der Waals surface area contributed by atoms with Gasteiger partial charge in [-0.15, -0.1) is 6.58 Å². The highest BCUT2D eigenvalue weighted by atomic mass is 28.4. The molecule has 0 saturated carbocycles. The predicted octanol–water partition coefficient (Wildman–Crippen LogP) is 4.92. The molecule has 0 fully saturated rings. The summed E-state index contributed by atoms with van der Waals surface area (Å²) in [4.78, 5) is 0. The Balaban J connectivity index is 4.82. The van der Waals surface area contributed by atoms with Gasteiger partial charge >= 0.3 is 0 Å². The Morgan fingerprint density at radius 1 is 1.38 bits per heavy atom. The van der Waals surface area contributed by atoms with E-state index < -0.39 is 8.32 Å². The van der Waals surface area contributed by atoms with E-state index in [0.29, 0.717) is 0 Å². The third-order valence-electron chi connectivity index (χ3n) is 3.59. The number of hydrogen-bond acceptors (Lipinski definition) is 1. The molecule has 16 heavy (non-hydrogen) atoms. The van der Waals surface area contributed by atoms with Gasteiger partial charge in [-0.25, -0.2) is 0 Å². The molecule has 0 spiro atoms. The minimum atomic E-state index is -1.67. The van der Waals surface area contributed by atoms with Crippen molar-refractivity contribution in [3.05, 3.63) is 24.3 Å². The summed E-state index contributed by atoms with van der Waals surface area (Å²) in [7, 11) is -1.67. The molecule has 0 radical (unpaired) electrons. The minimum absolute atomic E-state index is 0.211. The molecule has 0 aliphatic rings. The van der Waals surface area contributed by atoms with Crippen molar-refractivity contribution in [2.75, 3.05) is 0 Å². The average molecular weight is 240 g/mol. The molecule has 1 nitrogen and oxygen atoms in total. The van der Waals surface area contributed by atoms with E-state index in [-0.39, 0.29) is 11.1 Å². The highest BCUT2D eigenvalue weighted by molar-refractivity contribution is 6.74. The van der Waals surface area contributed by atoms with E-state index >= 15 is 0 Å². The molecule has 0 aliphatic carbocycles. The summed E-state index contributed by atoms with van der Waals surface area (Å²) in [5.41, 5.74) is 1.31. The fraction of sp³-hybridized carbons (Fsp3) is 0.714. The van der Waals surface area contributed by atoms with E-state index in [0.717, 1.165) is 6.42 Å². The van der Waals surface area contributed by atoms with Gasteiger partial charge in [0.05, 0.1) is 6.10 Å². The molecule has 0 rings (SSSR count). The first-order valence-corrected chi connectivity index (χ1v) is 8.98. The Hall–Kier alpha value is -0.343. The van der Waals surface area contributed by atoms with Gasteiger partial charge in [0.15, 0.2) is 8.32 Å². The van der Waals surface area contributed by atoms with Gasteiger partial charge in [-0.1, -0.05) is 32.9 Å². The lowest BCUT2D eigenvalue weighted by Gasteiger charge is -2.39. The second kappa shape index (κ2) is 5.83. The molecule has 2 heteroatoms. The summed E-state index contributed by atoms with van der Waals surface area (Å²) in [6, 6.07) is 0. The standard InChI is InChI=1S/C14H28OSi/c1-9-11-13(12(3)10-2)15-16(7,8)14(4,5)6/h9-10,13H,1,11H2,2-8H3/b12-10+. The summed E-state index contributed by atoms with van der Waals surface area (Å²) >= 11 is 0. The van der Waals surface area contributed by atoms with Crippen molar-refractivity contribution >= 4 is 8.32 Å². The third kappa shape index (κ3) is 4.26. The van der Waals surface area contributed by atoms with E-state index in [2.05, 4.69) is 60.4 Å². The van der Waals surface area contributed by atoms with Crippen LogP contribution in [0.25, 0.3) is 0 Å². The maximum atomic E-state index is 6.39. The molecule has 0 saturated heterocycles. The smallest absolute Gasteiger partial charge is 0.192 e. The summed E-state index contributed by atoms with van der Waals surface area (Å²) in [5, 5.41) is 0.264. The lowest BCUT2D eigenvalue weighted by molar-refractivity contribution is 0.216. The topological polar surface area (TPSA) is 9.23 Å². The van der Waals surface area contributed by atoms with E-state index in [1.54, 1.807) is 0 Å².